The van der Waals surface area contributed by atoms with E-state index in [2.05, 4.69) is 25.9 Å². The summed E-state index contributed by atoms with van der Waals surface area (Å²) >= 11 is 0. The minimum absolute atomic E-state index is 0.130. The second-order valence-corrected chi connectivity index (χ2v) is 7.56. The molecule has 8 nitrogen and oxygen atoms in total. The number of carbonyl (C=O) groups is 2. The molecule has 3 N–H and O–H groups in total. The first-order valence-corrected chi connectivity index (χ1v) is 9.87. The van der Waals surface area contributed by atoms with Crippen molar-refractivity contribution in [1.82, 2.24) is 25.9 Å². The first-order chi connectivity index (χ1) is 14.0. The number of carbonyl (C=O) groups excluding carboxylic acids is 2. The number of hydrogen-bond acceptors (Lipinski definition) is 5. The van der Waals surface area contributed by atoms with E-state index in [0.29, 0.717) is 18.0 Å². The third kappa shape index (κ3) is 4.37. The SMILES string of the molecule is Cc1cc(C)nc(CNC(=O)c2ccc([C@@H]3NC(=O)N[C@H]4OCCC[C@H]43)cc2)n1. The minimum atomic E-state index is -0.261. The van der Waals surface area contributed by atoms with Crippen LogP contribution in [0.25, 0.3) is 0 Å². The van der Waals surface area contributed by atoms with E-state index in [1.165, 1.54) is 0 Å². The van der Waals surface area contributed by atoms with E-state index in [4.69, 9.17) is 4.74 Å². The van der Waals surface area contributed by atoms with E-state index in [-0.39, 0.29) is 36.7 Å². The van der Waals surface area contributed by atoms with E-state index < -0.39 is 0 Å². The lowest BCUT2D eigenvalue weighted by Gasteiger charge is -2.41. The van der Waals surface area contributed by atoms with Crippen LogP contribution in [0.3, 0.4) is 0 Å². The Morgan fingerprint density at radius 3 is 2.62 bits per heavy atom. The predicted molar refractivity (Wildman–Crippen MR) is 106 cm³/mol. The van der Waals surface area contributed by atoms with E-state index in [1.807, 2.05) is 32.0 Å². The van der Waals surface area contributed by atoms with Crippen LogP contribution in [0.15, 0.2) is 30.3 Å². The topological polar surface area (TPSA) is 105 Å². The number of urea groups is 1. The summed E-state index contributed by atoms with van der Waals surface area (Å²) in [5.74, 6) is 0.573. The highest BCUT2D eigenvalue weighted by molar-refractivity contribution is 5.94. The van der Waals surface area contributed by atoms with Gasteiger partial charge in [0.05, 0.1) is 12.6 Å². The number of aromatic nitrogens is 2. The lowest BCUT2D eigenvalue weighted by molar-refractivity contribution is -0.0602. The van der Waals surface area contributed by atoms with Crippen LogP contribution >= 0.6 is 0 Å². The standard InChI is InChI=1S/C21H25N5O3/c1-12-10-13(2)24-17(23-12)11-22-19(27)15-7-5-14(6-8-15)18-16-4-3-9-29-20(16)26-21(28)25-18/h5-8,10,16,18,20H,3-4,9,11H2,1-2H3,(H,22,27)(H2,25,26,28)/t16-,18-,20-/m0/s1. The average Bonchev–Trinajstić information content (AvgIpc) is 2.71. The maximum Gasteiger partial charge on any atom is 0.317 e. The van der Waals surface area contributed by atoms with Crippen molar-refractivity contribution >= 4 is 11.9 Å². The molecule has 4 rings (SSSR count). The van der Waals surface area contributed by atoms with Crippen molar-refractivity contribution in [2.45, 2.75) is 45.5 Å². The van der Waals surface area contributed by atoms with Crippen molar-refractivity contribution in [3.8, 4) is 0 Å². The number of amides is 3. The molecule has 2 saturated heterocycles. The number of hydrogen-bond donors (Lipinski definition) is 3. The fourth-order valence-electron chi connectivity index (χ4n) is 4.03. The molecule has 152 valence electrons. The average molecular weight is 395 g/mol. The molecule has 2 aliphatic rings. The molecule has 2 fully saturated rings. The lowest BCUT2D eigenvalue weighted by Crippen LogP contribution is -2.58. The van der Waals surface area contributed by atoms with Gasteiger partial charge in [0.15, 0.2) is 0 Å². The number of nitrogens with zero attached hydrogens (tertiary/aromatic N) is 2. The van der Waals surface area contributed by atoms with Crippen LogP contribution in [-0.4, -0.2) is 34.7 Å². The van der Waals surface area contributed by atoms with Crippen LogP contribution in [0, 0.1) is 19.8 Å². The van der Waals surface area contributed by atoms with E-state index in [0.717, 1.165) is 29.8 Å². The first-order valence-electron chi connectivity index (χ1n) is 9.87. The van der Waals surface area contributed by atoms with E-state index >= 15 is 0 Å². The second kappa shape index (κ2) is 8.16. The second-order valence-electron chi connectivity index (χ2n) is 7.56. The third-order valence-corrected chi connectivity index (χ3v) is 5.32. The molecule has 2 aromatic rings. The van der Waals surface area contributed by atoms with Crippen LogP contribution in [0.4, 0.5) is 4.79 Å². The van der Waals surface area contributed by atoms with Gasteiger partial charge in [-0.3, -0.25) is 4.79 Å². The summed E-state index contributed by atoms with van der Waals surface area (Å²) in [4.78, 5) is 33.1. The zero-order valence-corrected chi connectivity index (χ0v) is 16.6. The minimum Gasteiger partial charge on any atom is -0.358 e. The van der Waals surface area contributed by atoms with Gasteiger partial charge in [-0.25, -0.2) is 14.8 Å². The van der Waals surface area contributed by atoms with Crippen LogP contribution in [0.5, 0.6) is 0 Å². The summed E-state index contributed by atoms with van der Waals surface area (Å²) in [5, 5.41) is 8.69. The molecular formula is C21H25N5O3. The van der Waals surface area contributed by atoms with Gasteiger partial charge in [0.2, 0.25) is 0 Å². The van der Waals surface area contributed by atoms with E-state index in [9.17, 15) is 9.59 Å². The Hall–Kier alpha value is -3.00. The van der Waals surface area contributed by atoms with Crippen LogP contribution in [-0.2, 0) is 11.3 Å². The Labute approximate surface area is 169 Å². The van der Waals surface area contributed by atoms with E-state index in [1.54, 1.807) is 12.1 Å². The van der Waals surface area contributed by atoms with Gasteiger partial charge in [0.1, 0.15) is 12.1 Å². The van der Waals surface area contributed by atoms with Gasteiger partial charge in [0, 0.05) is 29.5 Å². The molecule has 1 aromatic heterocycles. The Balaban J connectivity index is 1.43. The first kappa shape index (κ1) is 19.3. The highest BCUT2D eigenvalue weighted by atomic mass is 16.5. The van der Waals surface area contributed by atoms with Crippen molar-refractivity contribution in [2.24, 2.45) is 5.92 Å². The van der Waals surface area contributed by atoms with Crippen LogP contribution in [0.2, 0.25) is 0 Å². The molecule has 0 spiro atoms. The van der Waals surface area contributed by atoms with Gasteiger partial charge in [-0.2, -0.15) is 0 Å². The molecule has 0 saturated carbocycles. The fourth-order valence-corrected chi connectivity index (χ4v) is 4.03. The highest BCUT2D eigenvalue weighted by Crippen LogP contribution is 2.34. The number of rotatable bonds is 4. The highest BCUT2D eigenvalue weighted by Gasteiger charge is 2.39. The summed E-state index contributed by atoms with van der Waals surface area (Å²) in [6, 6.07) is 8.88. The summed E-state index contributed by atoms with van der Waals surface area (Å²) < 4.78 is 5.71. The van der Waals surface area contributed by atoms with Crippen molar-refractivity contribution in [3.05, 3.63) is 58.7 Å². The van der Waals surface area contributed by atoms with Crippen molar-refractivity contribution in [2.75, 3.05) is 6.61 Å². The summed E-state index contributed by atoms with van der Waals surface area (Å²) in [7, 11) is 0. The molecule has 8 heteroatoms. The molecule has 0 radical (unpaired) electrons. The van der Waals surface area contributed by atoms with Crippen molar-refractivity contribution in [3.63, 3.8) is 0 Å². The Bertz CT molecular complexity index is 895. The molecule has 3 amide bonds. The zero-order chi connectivity index (χ0) is 20.4. The van der Waals surface area contributed by atoms with Crippen molar-refractivity contribution in [1.29, 1.82) is 0 Å². The molecular weight excluding hydrogens is 370 g/mol. The van der Waals surface area contributed by atoms with Gasteiger partial charge in [-0.05, 0) is 50.5 Å². The molecule has 3 heterocycles. The third-order valence-electron chi connectivity index (χ3n) is 5.32. The lowest BCUT2D eigenvalue weighted by atomic mass is 9.85. The quantitative estimate of drug-likeness (QED) is 0.736. The Morgan fingerprint density at radius 2 is 1.90 bits per heavy atom. The van der Waals surface area contributed by atoms with Gasteiger partial charge in [-0.15, -0.1) is 0 Å². The van der Waals surface area contributed by atoms with Crippen LogP contribution < -0.4 is 16.0 Å². The Kier molecular flexibility index (Phi) is 5.44. The van der Waals surface area contributed by atoms with Gasteiger partial charge in [0.25, 0.3) is 5.91 Å². The van der Waals surface area contributed by atoms with Gasteiger partial charge >= 0.3 is 6.03 Å². The normalized spacial score (nSPS) is 23.5. The molecule has 3 atom stereocenters. The molecule has 2 aliphatic heterocycles. The van der Waals surface area contributed by atoms with Gasteiger partial charge in [-0.1, -0.05) is 12.1 Å². The largest absolute Gasteiger partial charge is 0.358 e. The van der Waals surface area contributed by atoms with Crippen LogP contribution in [0.1, 0.15) is 52.0 Å². The molecule has 0 bridgehead atoms. The zero-order valence-electron chi connectivity index (χ0n) is 16.6. The number of nitrogens with one attached hydrogen (secondary N) is 3. The molecule has 29 heavy (non-hydrogen) atoms. The maximum atomic E-state index is 12.5. The smallest absolute Gasteiger partial charge is 0.317 e. The maximum absolute atomic E-state index is 12.5. The summed E-state index contributed by atoms with van der Waals surface area (Å²) in [5.41, 5.74) is 3.27. The molecule has 0 unspecified atom stereocenters. The predicted octanol–water partition coefficient (Wildman–Crippen LogP) is 2.13. The van der Waals surface area contributed by atoms with Crippen molar-refractivity contribution < 1.29 is 14.3 Å². The number of benzene rings is 1. The monoisotopic (exact) mass is 395 g/mol. The molecule has 1 aromatic carbocycles. The summed E-state index contributed by atoms with van der Waals surface area (Å²) in [6.07, 6.45) is 1.68. The van der Waals surface area contributed by atoms with Gasteiger partial charge < -0.3 is 20.7 Å². The number of fused-ring (bicyclic) bond motifs is 1. The number of aryl methyl sites for hydroxylation is 2. The molecule has 0 aliphatic carbocycles. The summed E-state index contributed by atoms with van der Waals surface area (Å²) in [6.45, 7) is 4.74. The Morgan fingerprint density at radius 1 is 1.17 bits per heavy atom. The number of ether oxygens (including phenoxy) is 1. The fraction of sp³-hybridized carbons (Fsp3) is 0.429.